The highest BCUT2D eigenvalue weighted by atomic mass is 32.1. The zero-order valence-corrected chi connectivity index (χ0v) is 13.1. The summed E-state index contributed by atoms with van der Waals surface area (Å²) in [6.07, 6.45) is 0.654. The third-order valence-corrected chi connectivity index (χ3v) is 4.26. The molecule has 23 heavy (non-hydrogen) atoms. The number of hydrogen-bond acceptors (Lipinski definition) is 3. The highest BCUT2D eigenvalue weighted by Gasteiger charge is 2.11. The molecule has 0 radical (unpaired) electrons. The van der Waals surface area contributed by atoms with Gasteiger partial charge in [-0.3, -0.25) is 4.79 Å². The van der Waals surface area contributed by atoms with Crippen molar-refractivity contribution in [2.24, 2.45) is 0 Å². The monoisotopic (exact) mass is 326 g/mol. The van der Waals surface area contributed by atoms with Crippen LogP contribution in [0, 0.1) is 5.82 Å². The molecular weight excluding hydrogens is 311 g/mol. The largest absolute Gasteiger partial charge is 0.350 e. The van der Waals surface area contributed by atoms with Crippen LogP contribution in [-0.2, 0) is 6.42 Å². The predicted molar refractivity (Wildman–Crippen MR) is 90.0 cm³/mol. The first-order valence-electron chi connectivity index (χ1n) is 7.26. The van der Waals surface area contributed by atoms with Gasteiger partial charge < -0.3 is 5.32 Å². The Hall–Kier alpha value is -2.53. The average Bonchev–Trinajstić information content (AvgIpc) is 3.07. The van der Waals surface area contributed by atoms with Crippen LogP contribution in [0.15, 0.2) is 60.0 Å². The Bertz CT molecular complexity index is 784. The number of rotatable bonds is 5. The third-order valence-electron chi connectivity index (χ3n) is 3.37. The average molecular weight is 326 g/mol. The van der Waals surface area contributed by atoms with Crippen molar-refractivity contribution in [1.82, 2.24) is 10.3 Å². The fourth-order valence-electron chi connectivity index (χ4n) is 2.15. The Morgan fingerprint density at radius 1 is 1.09 bits per heavy atom. The first kappa shape index (κ1) is 15.4. The summed E-state index contributed by atoms with van der Waals surface area (Å²) in [6.45, 7) is 0.489. The molecule has 0 fully saturated rings. The molecule has 0 aliphatic carbocycles. The van der Waals surface area contributed by atoms with Crippen molar-refractivity contribution in [3.05, 3.63) is 77.1 Å². The van der Waals surface area contributed by atoms with Crippen molar-refractivity contribution in [2.45, 2.75) is 6.42 Å². The highest BCUT2D eigenvalue weighted by molar-refractivity contribution is 7.13. The molecule has 0 saturated heterocycles. The maximum atomic E-state index is 12.8. The molecule has 0 unspecified atom stereocenters. The molecule has 116 valence electrons. The lowest BCUT2D eigenvalue weighted by Crippen LogP contribution is -2.25. The predicted octanol–water partition coefficient (Wildman–Crippen LogP) is 3.92. The minimum Gasteiger partial charge on any atom is -0.350 e. The maximum absolute atomic E-state index is 12.8. The van der Waals surface area contributed by atoms with Crippen LogP contribution in [0.1, 0.15) is 16.1 Å². The van der Waals surface area contributed by atoms with Gasteiger partial charge in [0.15, 0.2) is 0 Å². The number of aromatic nitrogens is 1. The molecule has 2 aromatic carbocycles. The number of amides is 1. The first-order chi connectivity index (χ1) is 11.2. The standard InChI is InChI=1S/C18H15FN2OS/c19-15-8-6-13(7-9-15)10-11-20-17(22)16-12-23-18(21-16)14-4-2-1-3-5-14/h1-9,12H,10-11H2,(H,20,22). The Labute approximate surface area is 137 Å². The number of nitrogens with zero attached hydrogens (tertiary/aromatic N) is 1. The molecule has 3 nitrogen and oxygen atoms in total. The van der Waals surface area contributed by atoms with Gasteiger partial charge in [0.2, 0.25) is 0 Å². The van der Waals surface area contributed by atoms with Gasteiger partial charge in [0, 0.05) is 17.5 Å². The molecular formula is C18H15FN2OS. The quantitative estimate of drug-likeness (QED) is 0.772. The van der Waals surface area contributed by atoms with Gasteiger partial charge >= 0.3 is 0 Å². The van der Waals surface area contributed by atoms with Gasteiger partial charge in [-0.25, -0.2) is 9.37 Å². The fourth-order valence-corrected chi connectivity index (χ4v) is 2.96. The van der Waals surface area contributed by atoms with Crippen LogP contribution in [0.5, 0.6) is 0 Å². The molecule has 0 bridgehead atoms. The van der Waals surface area contributed by atoms with E-state index < -0.39 is 0 Å². The minimum atomic E-state index is -0.256. The lowest BCUT2D eigenvalue weighted by Gasteiger charge is -2.03. The van der Waals surface area contributed by atoms with Crippen LogP contribution in [0.3, 0.4) is 0 Å². The molecule has 1 N–H and O–H groups in total. The number of thiazole rings is 1. The molecule has 0 spiro atoms. The first-order valence-corrected chi connectivity index (χ1v) is 8.14. The molecule has 0 saturated carbocycles. The Morgan fingerprint density at radius 2 is 1.83 bits per heavy atom. The Morgan fingerprint density at radius 3 is 2.57 bits per heavy atom. The molecule has 3 aromatic rings. The Balaban J connectivity index is 1.56. The number of carbonyl (C=O) groups excluding carboxylic acids is 1. The zero-order valence-electron chi connectivity index (χ0n) is 12.3. The van der Waals surface area contributed by atoms with Crippen molar-refractivity contribution in [3.8, 4) is 10.6 Å². The van der Waals surface area contributed by atoms with Crippen LogP contribution in [0.25, 0.3) is 10.6 Å². The maximum Gasteiger partial charge on any atom is 0.270 e. The van der Waals surface area contributed by atoms with E-state index in [0.29, 0.717) is 18.7 Å². The molecule has 1 amide bonds. The molecule has 0 atom stereocenters. The van der Waals surface area contributed by atoms with E-state index in [2.05, 4.69) is 10.3 Å². The summed E-state index contributed by atoms with van der Waals surface area (Å²) >= 11 is 1.45. The van der Waals surface area contributed by atoms with Gasteiger partial charge in [-0.1, -0.05) is 42.5 Å². The smallest absolute Gasteiger partial charge is 0.270 e. The minimum absolute atomic E-state index is 0.189. The van der Waals surface area contributed by atoms with Gasteiger partial charge in [-0.2, -0.15) is 0 Å². The second-order valence-corrected chi connectivity index (χ2v) is 5.89. The number of nitrogens with one attached hydrogen (secondary N) is 1. The Kier molecular flexibility index (Phi) is 4.78. The number of hydrogen-bond donors (Lipinski definition) is 1. The molecule has 0 aliphatic heterocycles. The van der Waals surface area contributed by atoms with Crippen molar-refractivity contribution < 1.29 is 9.18 Å². The van der Waals surface area contributed by atoms with Gasteiger partial charge in [0.25, 0.3) is 5.91 Å². The summed E-state index contributed by atoms with van der Waals surface area (Å²) < 4.78 is 12.8. The van der Waals surface area contributed by atoms with Gasteiger partial charge in [-0.05, 0) is 24.1 Å². The molecule has 1 aromatic heterocycles. The van der Waals surface area contributed by atoms with Crippen LogP contribution in [0.2, 0.25) is 0 Å². The lowest BCUT2D eigenvalue weighted by molar-refractivity contribution is 0.0950. The zero-order chi connectivity index (χ0) is 16.1. The van der Waals surface area contributed by atoms with E-state index in [9.17, 15) is 9.18 Å². The van der Waals surface area contributed by atoms with E-state index in [1.807, 2.05) is 30.3 Å². The number of benzene rings is 2. The summed E-state index contributed by atoms with van der Waals surface area (Å²) in [7, 11) is 0. The fraction of sp³-hybridized carbons (Fsp3) is 0.111. The topological polar surface area (TPSA) is 42.0 Å². The van der Waals surface area contributed by atoms with E-state index >= 15 is 0 Å². The van der Waals surface area contributed by atoms with Crippen LogP contribution < -0.4 is 5.32 Å². The van der Waals surface area contributed by atoms with E-state index in [1.165, 1.54) is 23.5 Å². The molecule has 3 rings (SSSR count). The van der Waals surface area contributed by atoms with Crippen molar-refractivity contribution in [3.63, 3.8) is 0 Å². The summed E-state index contributed by atoms with van der Waals surface area (Å²) in [5.74, 6) is -0.445. The van der Waals surface area contributed by atoms with Crippen LogP contribution in [-0.4, -0.2) is 17.4 Å². The molecule has 0 aliphatic rings. The number of carbonyl (C=O) groups is 1. The van der Waals surface area contributed by atoms with E-state index in [-0.39, 0.29) is 11.7 Å². The van der Waals surface area contributed by atoms with E-state index in [0.717, 1.165) is 16.1 Å². The van der Waals surface area contributed by atoms with Crippen LogP contribution in [0.4, 0.5) is 4.39 Å². The van der Waals surface area contributed by atoms with Crippen molar-refractivity contribution in [1.29, 1.82) is 0 Å². The summed E-state index contributed by atoms with van der Waals surface area (Å²) in [5, 5.41) is 5.43. The van der Waals surface area contributed by atoms with Crippen molar-refractivity contribution >= 4 is 17.2 Å². The second kappa shape index (κ2) is 7.15. The molecule has 1 heterocycles. The van der Waals surface area contributed by atoms with E-state index in [1.54, 1.807) is 17.5 Å². The SMILES string of the molecule is O=C(NCCc1ccc(F)cc1)c1csc(-c2ccccc2)n1. The lowest BCUT2D eigenvalue weighted by atomic mass is 10.1. The normalized spacial score (nSPS) is 10.5. The van der Waals surface area contributed by atoms with Gasteiger partial charge in [0.1, 0.15) is 16.5 Å². The van der Waals surface area contributed by atoms with Crippen molar-refractivity contribution in [2.75, 3.05) is 6.54 Å². The van der Waals surface area contributed by atoms with Crippen LogP contribution >= 0.6 is 11.3 Å². The van der Waals surface area contributed by atoms with E-state index in [4.69, 9.17) is 0 Å². The second-order valence-electron chi connectivity index (χ2n) is 5.04. The van der Waals surface area contributed by atoms with Gasteiger partial charge in [-0.15, -0.1) is 11.3 Å². The van der Waals surface area contributed by atoms with Gasteiger partial charge in [0.05, 0.1) is 0 Å². The highest BCUT2D eigenvalue weighted by Crippen LogP contribution is 2.23. The number of halogens is 1. The summed E-state index contributed by atoms with van der Waals surface area (Å²) in [4.78, 5) is 16.5. The summed E-state index contributed by atoms with van der Waals surface area (Å²) in [5.41, 5.74) is 2.41. The third kappa shape index (κ3) is 4.02. The molecule has 5 heteroatoms. The summed E-state index contributed by atoms with van der Waals surface area (Å²) in [6, 6.07) is 16.0.